The molecule has 0 unspecified atom stereocenters. The fourth-order valence-electron chi connectivity index (χ4n) is 2.34. The van der Waals surface area contributed by atoms with Gasteiger partial charge in [0, 0.05) is 12.2 Å². The molecule has 0 aliphatic heterocycles. The SMILES string of the molecule is O=C(CNc1ccc2ccccc2c1)NCc1ccccc1. The van der Waals surface area contributed by atoms with Gasteiger partial charge in [0.2, 0.25) is 5.91 Å². The van der Waals surface area contributed by atoms with Gasteiger partial charge >= 0.3 is 0 Å². The normalized spacial score (nSPS) is 10.4. The van der Waals surface area contributed by atoms with Crippen molar-refractivity contribution in [3.8, 4) is 0 Å². The van der Waals surface area contributed by atoms with Crippen molar-refractivity contribution in [3.63, 3.8) is 0 Å². The second-order valence-electron chi connectivity index (χ2n) is 5.18. The van der Waals surface area contributed by atoms with Gasteiger partial charge < -0.3 is 10.6 Å². The summed E-state index contributed by atoms with van der Waals surface area (Å²) in [5, 5.41) is 8.43. The van der Waals surface area contributed by atoms with Gasteiger partial charge in [-0.15, -0.1) is 0 Å². The summed E-state index contributed by atoms with van der Waals surface area (Å²) in [7, 11) is 0. The van der Waals surface area contributed by atoms with E-state index >= 15 is 0 Å². The molecule has 3 nitrogen and oxygen atoms in total. The maximum Gasteiger partial charge on any atom is 0.239 e. The fourth-order valence-corrected chi connectivity index (χ4v) is 2.34. The molecule has 0 radical (unpaired) electrons. The minimum absolute atomic E-state index is 0.0167. The van der Waals surface area contributed by atoms with Crippen LogP contribution >= 0.6 is 0 Å². The molecule has 0 saturated carbocycles. The van der Waals surface area contributed by atoms with E-state index in [1.807, 2.05) is 48.5 Å². The average molecular weight is 290 g/mol. The van der Waals surface area contributed by atoms with Gasteiger partial charge in [-0.05, 0) is 28.5 Å². The first-order valence-corrected chi connectivity index (χ1v) is 7.34. The predicted molar refractivity (Wildman–Crippen MR) is 90.7 cm³/mol. The number of hydrogen-bond acceptors (Lipinski definition) is 2. The number of anilines is 1. The van der Waals surface area contributed by atoms with Crippen LogP contribution in [-0.2, 0) is 11.3 Å². The Bertz CT molecular complexity index is 769. The Hall–Kier alpha value is -2.81. The van der Waals surface area contributed by atoms with E-state index in [4.69, 9.17) is 0 Å². The Labute approximate surface area is 130 Å². The first-order chi connectivity index (χ1) is 10.8. The summed E-state index contributed by atoms with van der Waals surface area (Å²) in [5.74, 6) is -0.0167. The van der Waals surface area contributed by atoms with E-state index < -0.39 is 0 Å². The van der Waals surface area contributed by atoms with Gasteiger partial charge in [-0.1, -0.05) is 60.7 Å². The third-order valence-corrected chi connectivity index (χ3v) is 3.54. The van der Waals surface area contributed by atoms with Gasteiger partial charge in [-0.2, -0.15) is 0 Å². The Morgan fingerprint density at radius 2 is 1.55 bits per heavy atom. The highest BCUT2D eigenvalue weighted by molar-refractivity contribution is 5.87. The number of carbonyl (C=O) groups is 1. The van der Waals surface area contributed by atoms with Gasteiger partial charge in [0.15, 0.2) is 0 Å². The van der Waals surface area contributed by atoms with Crippen LogP contribution in [0.25, 0.3) is 10.8 Å². The number of benzene rings is 3. The maximum atomic E-state index is 11.9. The first-order valence-electron chi connectivity index (χ1n) is 7.34. The van der Waals surface area contributed by atoms with Crippen molar-refractivity contribution in [1.82, 2.24) is 5.32 Å². The van der Waals surface area contributed by atoms with Crippen molar-refractivity contribution in [3.05, 3.63) is 78.4 Å². The van der Waals surface area contributed by atoms with Crippen molar-refractivity contribution in [2.75, 3.05) is 11.9 Å². The Kier molecular flexibility index (Phi) is 4.35. The second-order valence-corrected chi connectivity index (χ2v) is 5.18. The van der Waals surface area contributed by atoms with Crippen LogP contribution in [0.2, 0.25) is 0 Å². The number of fused-ring (bicyclic) bond motifs is 1. The summed E-state index contributed by atoms with van der Waals surface area (Å²) in [6.45, 7) is 0.824. The number of nitrogens with one attached hydrogen (secondary N) is 2. The van der Waals surface area contributed by atoms with E-state index in [1.54, 1.807) is 0 Å². The third-order valence-electron chi connectivity index (χ3n) is 3.54. The van der Waals surface area contributed by atoms with Crippen molar-refractivity contribution >= 4 is 22.4 Å². The molecule has 0 saturated heterocycles. The Morgan fingerprint density at radius 3 is 2.36 bits per heavy atom. The monoisotopic (exact) mass is 290 g/mol. The van der Waals surface area contributed by atoms with Crippen molar-refractivity contribution in [2.24, 2.45) is 0 Å². The molecular weight excluding hydrogens is 272 g/mol. The molecule has 0 atom stereocenters. The number of rotatable bonds is 5. The maximum absolute atomic E-state index is 11.9. The molecule has 0 aromatic heterocycles. The zero-order chi connectivity index (χ0) is 15.2. The van der Waals surface area contributed by atoms with Crippen LogP contribution in [0.5, 0.6) is 0 Å². The first kappa shape index (κ1) is 14.1. The van der Waals surface area contributed by atoms with E-state index in [0.717, 1.165) is 16.6 Å². The van der Waals surface area contributed by atoms with Crippen LogP contribution in [0, 0.1) is 0 Å². The average Bonchev–Trinajstić information content (AvgIpc) is 2.59. The van der Waals surface area contributed by atoms with E-state index in [9.17, 15) is 4.79 Å². The lowest BCUT2D eigenvalue weighted by atomic mass is 10.1. The molecule has 22 heavy (non-hydrogen) atoms. The zero-order valence-electron chi connectivity index (χ0n) is 12.3. The lowest BCUT2D eigenvalue weighted by molar-refractivity contribution is -0.119. The van der Waals surface area contributed by atoms with E-state index in [-0.39, 0.29) is 12.5 Å². The summed E-state index contributed by atoms with van der Waals surface area (Å²) < 4.78 is 0. The third kappa shape index (κ3) is 3.64. The topological polar surface area (TPSA) is 41.1 Å². The van der Waals surface area contributed by atoms with Gasteiger partial charge in [0.05, 0.1) is 6.54 Å². The zero-order valence-corrected chi connectivity index (χ0v) is 12.3. The molecule has 3 rings (SSSR count). The summed E-state index contributed by atoms with van der Waals surface area (Å²) in [5.41, 5.74) is 2.05. The molecule has 3 aromatic carbocycles. The highest BCUT2D eigenvalue weighted by atomic mass is 16.1. The van der Waals surface area contributed by atoms with Crippen LogP contribution in [0.1, 0.15) is 5.56 Å². The van der Waals surface area contributed by atoms with Crippen LogP contribution in [0.15, 0.2) is 72.8 Å². The van der Waals surface area contributed by atoms with Crippen molar-refractivity contribution in [1.29, 1.82) is 0 Å². The molecule has 3 aromatic rings. The second kappa shape index (κ2) is 6.76. The van der Waals surface area contributed by atoms with Crippen LogP contribution in [0.4, 0.5) is 5.69 Å². The largest absolute Gasteiger partial charge is 0.376 e. The smallest absolute Gasteiger partial charge is 0.239 e. The molecule has 0 bridgehead atoms. The van der Waals surface area contributed by atoms with Gasteiger partial charge in [-0.25, -0.2) is 0 Å². The quantitative estimate of drug-likeness (QED) is 0.754. The summed E-state index contributed by atoms with van der Waals surface area (Å²) in [6, 6.07) is 24.2. The molecule has 0 aliphatic carbocycles. The summed E-state index contributed by atoms with van der Waals surface area (Å²) >= 11 is 0. The minimum Gasteiger partial charge on any atom is -0.376 e. The van der Waals surface area contributed by atoms with Gasteiger partial charge in [0.1, 0.15) is 0 Å². The fraction of sp³-hybridized carbons (Fsp3) is 0.105. The van der Waals surface area contributed by atoms with Crippen molar-refractivity contribution < 1.29 is 4.79 Å². The lowest BCUT2D eigenvalue weighted by Gasteiger charge is -2.09. The Balaban J connectivity index is 1.53. The number of amides is 1. The molecule has 0 aliphatic rings. The van der Waals surface area contributed by atoms with Crippen LogP contribution < -0.4 is 10.6 Å². The molecule has 1 amide bonds. The Morgan fingerprint density at radius 1 is 0.818 bits per heavy atom. The molecular formula is C19H18N2O. The van der Waals surface area contributed by atoms with Crippen LogP contribution in [0.3, 0.4) is 0 Å². The molecule has 0 heterocycles. The van der Waals surface area contributed by atoms with Crippen LogP contribution in [-0.4, -0.2) is 12.5 Å². The van der Waals surface area contributed by atoms with Crippen molar-refractivity contribution in [2.45, 2.75) is 6.54 Å². The van der Waals surface area contributed by atoms with Gasteiger partial charge in [0.25, 0.3) is 0 Å². The number of carbonyl (C=O) groups excluding carboxylic acids is 1. The molecule has 3 heteroatoms. The summed E-state index contributed by atoms with van der Waals surface area (Å²) in [6.07, 6.45) is 0. The molecule has 0 spiro atoms. The summed E-state index contributed by atoms with van der Waals surface area (Å²) in [4.78, 5) is 11.9. The highest BCUT2D eigenvalue weighted by Crippen LogP contribution is 2.18. The molecule has 2 N–H and O–H groups in total. The molecule has 110 valence electrons. The lowest BCUT2D eigenvalue weighted by Crippen LogP contribution is -2.29. The van der Waals surface area contributed by atoms with Gasteiger partial charge in [-0.3, -0.25) is 4.79 Å². The minimum atomic E-state index is -0.0167. The van der Waals surface area contributed by atoms with E-state index in [2.05, 4.69) is 34.9 Å². The predicted octanol–water partition coefficient (Wildman–Crippen LogP) is 3.57. The highest BCUT2D eigenvalue weighted by Gasteiger charge is 2.02. The van der Waals surface area contributed by atoms with E-state index in [1.165, 1.54) is 5.39 Å². The number of hydrogen-bond donors (Lipinski definition) is 2. The molecule has 0 fully saturated rings. The standard InChI is InChI=1S/C19H18N2O/c22-19(21-13-15-6-2-1-3-7-15)14-20-18-11-10-16-8-4-5-9-17(16)12-18/h1-12,20H,13-14H2,(H,21,22). The van der Waals surface area contributed by atoms with E-state index in [0.29, 0.717) is 6.54 Å².